The molecule has 0 radical (unpaired) electrons. The van der Waals surface area contributed by atoms with Gasteiger partial charge in [-0.2, -0.15) is 0 Å². The van der Waals surface area contributed by atoms with Crippen molar-refractivity contribution in [1.29, 1.82) is 0 Å². The Hall–Kier alpha value is -1.49. The summed E-state index contributed by atoms with van der Waals surface area (Å²) in [6.07, 6.45) is 3.36. The van der Waals surface area contributed by atoms with Gasteiger partial charge in [-0.05, 0) is 44.6 Å². The zero-order valence-corrected chi connectivity index (χ0v) is 28.5. The molecular formula is C33H59FN8O5. The lowest BCUT2D eigenvalue weighted by atomic mass is 9.67. The van der Waals surface area contributed by atoms with Crippen LogP contribution in [0.4, 0.5) is 4.39 Å². The first-order chi connectivity index (χ1) is 22.6. The average molecular weight is 667 g/mol. The number of nitrogens with one attached hydrogen (secondary N) is 5. The second-order valence-electron chi connectivity index (χ2n) is 15.1. The van der Waals surface area contributed by atoms with Gasteiger partial charge in [-0.25, -0.2) is 4.39 Å². The molecule has 6 fully saturated rings. The number of aliphatic hydroxyl groups excluding tert-OH is 1. The van der Waals surface area contributed by atoms with Gasteiger partial charge in [0.2, 0.25) is 11.8 Å². The van der Waals surface area contributed by atoms with Gasteiger partial charge in [0.15, 0.2) is 0 Å². The molecular weight excluding hydrogens is 607 g/mol. The Morgan fingerprint density at radius 1 is 1.06 bits per heavy atom. The van der Waals surface area contributed by atoms with Crippen molar-refractivity contribution in [1.82, 2.24) is 41.3 Å². The number of nitrogens with zero attached hydrogens (tertiary/aromatic N) is 3. The number of rotatable bonds is 11. The monoisotopic (exact) mass is 666 g/mol. The predicted molar refractivity (Wildman–Crippen MR) is 175 cm³/mol. The molecule has 6 rings (SSSR count). The standard InChI is InChI=1S/C33H59FN8O5/c1-20-25-7-10-40(17-26(25)27(34)11-29(20)46-18-30-21(2)36-19-47-30)16-24(44)13-35-32(45)28-12-31(37-23-14-42(15-23)22(3)43)39-33(38-28)41-8-5-4-6-9-41/h20-21,23-31,33,36-39,44H,4-19H2,1-3H3,(H,35,45). The number of hydrogen-bond acceptors (Lipinski definition) is 11. The molecule has 1 saturated carbocycles. The maximum atomic E-state index is 15.5. The van der Waals surface area contributed by atoms with Crippen molar-refractivity contribution in [2.75, 3.05) is 65.7 Å². The van der Waals surface area contributed by atoms with Gasteiger partial charge in [0.05, 0.1) is 43.9 Å². The predicted octanol–water partition coefficient (Wildman–Crippen LogP) is -0.633. The van der Waals surface area contributed by atoms with Gasteiger partial charge in [0.25, 0.3) is 0 Å². The lowest BCUT2D eigenvalue weighted by Gasteiger charge is -2.49. The van der Waals surface area contributed by atoms with Crippen molar-refractivity contribution in [2.45, 2.75) is 114 Å². The third-order valence-electron chi connectivity index (χ3n) is 11.7. The summed E-state index contributed by atoms with van der Waals surface area (Å²) in [4.78, 5) is 31.4. The minimum atomic E-state index is -0.938. The maximum absolute atomic E-state index is 15.5. The summed E-state index contributed by atoms with van der Waals surface area (Å²) in [5, 5.41) is 28.0. The quantitative estimate of drug-likeness (QED) is 0.168. The zero-order chi connectivity index (χ0) is 33.1. The Kier molecular flexibility index (Phi) is 12.1. The van der Waals surface area contributed by atoms with E-state index in [1.807, 2.05) is 4.90 Å². The van der Waals surface area contributed by atoms with Crippen molar-refractivity contribution in [3.05, 3.63) is 0 Å². The highest BCUT2D eigenvalue weighted by atomic mass is 19.1. The smallest absolute Gasteiger partial charge is 0.237 e. The van der Waals surface area contributed by atoms with E-state index in [-0.39, 0.29) is 72.9 Å². The molecule has 11 atom stereocenters. The van der Waals surface area contributed by atoms with Crippen LogP contribution in [0.2, 0.25) is 0 Å². The van der Waals surface area contributed by atoms with Gasteiger partial charge in [-0.15, -0.1) is 0 Å². The number of piperidine rings is 2. The van der Waals surface area contributed by atoms with Crippen LogP contribution in [0, 0.1) is 17.8 Å². The van der Waals surface area contributed by atoms with Gasteiger partial charge >= 0.3 is 0 Å². The van der Waals surface area contributed by atoms with Crippen molar-refractivity contribution < 1.29 is 28.6 Å². The van der Waals surface area contributed by atoms with Crippen molar-refractivity contribution in [2.24, 2.45) is 17.8 Å². The third-order valence-corrected chi connectivity index (χ3v) is 11.7. The Balaban J connectivity index is 0.952. The fourth-order valence-corrected chi connectivity index (χ4v) is 8.67. The molecule has 0 aromatic heterocycles. The molecule has 2 amide bonds. The molecule has 0 spiro atoms. The van der Waals surface area contributed by atoms with Crippen LogP contribution >= 0.6 is 0 Å². The Morgan fingerprint density at radius 3 is 2.57 bits per heavy atom. The number of fused-ring (bicyclic) bond motifs is 1. The highest BCUT2D eigenvalue weighted by molar-refractivity contribution is 5.82. The number of alkyl halides is 1. The molecule has 11 unspecified atom stereocenters. The van der Waals surface area contributed by atoms with Crippen LogP contribution in [-0.2, 0) is 19.1 Å². The summed E-state index contributed by atoms with van der Waals surface area (Å²) in [6.45, 7) is 12.2. The van der Waals surface area contributed by atoms with Crippen LogP contribution < -0.4 is 26.6 Å². The Labute approximate surface area is 279 Å². The minimum absolute atomic E-state index is 0.00833. The van der Waals surface area contributed by atoms with Gasteiger partial charge in [0.1, 0.15) is 12.5 Å². The number of halogens is 1. The van der Waals surface area contributed by atoms with Crippen molar-refractivity contribution in [3.63, 3.8) is 0 Å². The first kappa shape index (κ1) is 35.3. The van der Waals surface area contributed by atoms with Crippen LogP contribution in [-0.4, -0.2) is 152 Å². The molecule has 47 heavy (non-hydrogen) atoms. The first-order valence-corrected chi connectivity index (χ1v) is 18.2. The summed E-state index contributed by atoms with van der Waals surface area (Å²) < 4.78 is 27.5. The van der Waals surface area contributed by atoms with Crippen LogP contribution in [0.3, 0.4) is 0 Å². The van der Waals surface area contributed by atoms with Crippen LogP contribution in [0.5, 0.6) is 0 Å². The number of amides is 2. The SMILES string of the molecule is CC(=O)N1CC(NC2CC(C(=O)NCC(O)CN3CCC4C(C)C(OCC5OCNC5C)CC(F)C4C3)NC(N3CCCCC3)N2)C1. The number of ether oxygens (including phenoxy) is 2. The second kappa shape index (κ2) is 16.0. The van der Waals surface area contributed by atoms with Gasteiger partial charge < -0.3 is 29.7 Å². The van der Waals surface area contributed by atoms with Crippen molar-refractivity contribution in [3.8, 4) is 0 Å². The number of carbonyl (C=O) groups is 2. The molecule has 13 nitrogen and oxygen atoms in total. The summed E-state index contributed by atoms with van der Waals surface area (Å²) >= 11 is 0. The van der Waals surface area contributed by atoms with E-state index in [4.69, 9.17) is 9.47 Å². The molecule has 0 aromatic carbocycles. The molecule has 1 aliphatic carbocycles. The third kappa shape index (κ3) is 8.82. The lowest BCUT2D eigenvalue weighted by Crippen LogP contribution is -2.73. The number of β-amino-alcohol motifs (C(OH)–C–C–N with tert-alkyl or cyclic N) is 1. The molecule has 0 aromatic rings. The highest BCUT2D eigenvalue weighted by Gasteiger charge is 2.46. The van der Waals surface area contributed by atoms with Crippen LogP contribution in [0.1, 0.15) is 59.3 Å². The van der Waals surface area contributed by atoms with E-state index in [9.17, 15) is 14.7 Å². The van der Waals surface area contributed by atoms with Crippen molar-refractivity contribution >= 4 is 11.8 Å². The van der Waals surface area contributed by atoms with E-state index in [1.165, 1.54) is 6.42 Å². The lowest BCUT2D eigenvalue weighted by molar-refractivity contribution is -0.133. The molecule has 5 saturated heterocycles. The molecule has 14 heteroatoms. The summed E-state index contributed by atoms with van der Waals surface area (Å²) in [7, 11) is 0. The fraction of sp³-hybridized carbons (Fsp3) is 0.939. The zero-order valence-electron chi connectivity index (χ0n) is 28.5. The Bertz CT molecular complexity index is 1050. The number of likely N-dealkylation sites (tertiary alicyclic amines) is 3. The fourth-order valence-electron chi connectivity index (χ4n) is 8.67. The van der Waals surface area contributed by atoms with E-state index < -0.39 is 18.3 Å². The number of aliphatic hydroxyl groups is 1. The molecule has 6 aliphatic rings. The van der Waals surface area contributed by atoms with Gasteiger partial charge in [0, 0.05) is 83.6 Å². The molecule has 6 N–H and O–H groups in total. The van der Waals surface area contributed by atoms with E-state index in [1.54, 1.807) is 6.92 Å². The minimum Gasteiger partial charge on any atom is -0.390 e. The van der Waals surface area contributed by atoms with E-state index in [0.29, 0.717) is 52.4 Å². The van der Waals surface area contributed by atoms with E-state index >= 15 is 4.39 Å². The van der Waals surface area contributed by atoms with E-state index in [2.05, 4.69) is 50.2 Å². The largest absolute Gasteiger partial charge is 0.390 e. The van der Waals surface area contributed by atoms with Gasteiger partial charge in [-0.1, -0.05) is 13.3 Å². The average Bonchev–Trinajstić information content (AvgIpc) is 3.46. The normalized spacial score (nSPS) is 39.6. The first-order valence-electron chi connectivity index (χ1n) is 18.2. The number of carbonyl (C=O) groups excluding carboxylic acids is 2. The molecule has 5 aliphatic heterocycles. The summed E-state index contributed by atoms with van der Waals surface area (Å²) in [6, 6.07) is 0.0222. The number of hydrogen-bond donors (Lipinski definition) is 6. The molecule has 268 valence electrons. The van der Waals surface area contributed by atoms with E-state index in [0.717, 1.165) is 38.9 Å². The topological polar surface area (TPSA) is 143 Å². The highest BCUT2D eigenvalue weighted by Crippen LogP contribution is 2.43. The van der Waals surface area contributed by atoms with Crippen LogP contribution in [0.15, 0.2) is 0 Å². The summed E-state index contributed by atoms with van der Waals surface area (Å²) in [5.74, 6) is 0.410. The summed E-state index contributed by atoms with van der Waals surface area (Å²) in [5.41, 5.74) is 0. The van der Waals surface area contributed by atoms with Gasteiger partial charge in [-0.3, -0.25) is 35.8 Å². The van der Waals surface area contributed by atoms with Crippen LogP contribution in [0.25, 0.3) is 0 Å². The maximum Gasteiger partial charge on any atom is 0.237 e. The Morgan fingerprint density at radius 2 is 1.85 bits per heavy atom. The second-order valence-corrected chi connectivity index (χ2v) is 15.1. The molecule has 5 heterocycles. The molecule has 0 bridgehead atoms.